The molecular formula is C10H16F2N2O3S. The first-order valence-corrected chi connectivity index (χ1v) is 7.55. The Kier molecular flexibility index (Phi) is 3.13. The molecule has 2 rings (SSSR count). The summed E-state index contributed by atoms with van der Waals surface area (Å²) in [6, 6.07) is 0. The second-order valence-corrected chi connectivity index (χ2v) is 7.05. The van der Waals surface area contributed by atoms with Gasteiger partial charge in [-0.3, -0.25) is 4.79 Å². The highest BCUT2D eigenvalue weighted by atomic mass is 32.2. The van der Waals surface area contributed by atoms with Crippen molar-refractivity contribution < 1.29 is 22.0 Å². The minimum Gasteiger partial charge on any atom is -0.342 e. The van der Waals surface area contributed by atoms with Crippen molar-refractivity contribution in [2.24, 2.45) is 11.8 Å². The Bertz CT molecular complexity index is 448. The monoisotopic (exact) mass is 282 g/mol. The van der Waals surface area contributed by atoms with E-state index < -0.39 is 27.8 Å². The summed E-state index contributed by atoms with van der Waals surface area (Å²) in [5, 5.41) is 0. The summed E-state index contributed by atoms with van der Waals surface area (Å²) >= 11 is 0. The standard InChI is InChI=1S/C10H16F2N2O3S/c1-7(15)13-3-8-5-14(18(2,16)17)6-9(4-13)10(8,11)12/h8-9H,3-6H2,1-2H3/t8-,9+. The van der Waals surface area contributed by atoms with Crippen molar-refractivity contribution >= 4 is 15.9 Å². The molecule has 2 saturated heterocycles. The average molecular weight is 282 g/mol. The smallest absolute Gasteiger partial charge is 0.259 e. The van der Waals surface area contributed by atoms with Crippen LogP contribution in [0.3, 0.4) is 0 Å². The van der Waals surface area contributed by atoms with Crippen LogP contribution >= 0.6 is 0 Å². The Morgan fingerprint density at radius 1 is 1.17 bits per heavy atom. The molecule has 0 unspecified atom stereocenters. The lowest BCUT2D eigenvalue weighted by molar-refractivity contribution is -0.181. The minimum absolute atomic E-state index is 0.0785. The van der Waals surface area contributed by atoms with E-state index in [0.29, 0.717) is 0 Å². The second kappa shape index (κ2) is 4.12. The van der Waals surface area contributed by atoms with E-state index in [1.807, 2.05) is 0 Å². The van der Waals surface area contributed by atoms with E-state index in [1.54, 1.807) is 0 Å². The highest BCUT2D eigenvalue weighted by Gasteiger charge is 2.56. The second-order valence-electron chi connectivity index (χ2n) is 5.07. The van der Waals surface area contributed by atoms with Crippen molar-refractivity contribution in [3.8, 4) is 0 Å². The number of rotatable bonds is 1. The van der Waals surface area contributed by atoms with Crippen LogP contribution in [-0.2, 0) is 14.8 Å². The lowest BCUT2D eigenvalue weighted by Crippen LogP contribution is -2.64. The highest BCUT2D eigenvalue weighted by molar-refractivity contribution is 7.88. The summed E-state index contributed by atoms with van der Waals surface area (Å²) in [4.78, 5) is 12.6. The zero-order valence-corrected chi connectivity index (χ0v) is 11.1. The number of hydrogen-bond donors (Lipinski definition) is 0. The largest absolute Gasteiger partial charge is 0.342 e. The zero-order chi connectivity index (χ0) is 13.7. The quantitative estimate of drug-likeness (QED) is 0.680. The maximum atomic E-state index is 14.0. The van der Waals surface area contributed by atoms with Gasteiger partial charge < -0.3 is 4.90 Å². The minimum atomic E-state index is -3.46. The van der Waals surface area contributed by atoms with Crippen LogP contribution in [0.5, 0.6) is 0 Å². The molecule has 0 N–H and O–H groups in total. The van der Waals surface area contributed by atoms with Gasteiger partial charge in [0.25, 0.3) is 5.92 Å². The third kappa shape index (κ3) is 2.23. The fourth-order valence-corrected chi connectivity index (χ4v) is 3.54. The van der Waals surface area contributed by atoms with Gasteiger partial charge in [0, 0.05) is 33.1 Å². The maximum absolute atomic E-state index is 14.0. The van der Waals surface area contributed by atoms with Crippen LogP contribution in [0.15, 0.2) is 0 Å². The lowest BCUT2D eigenvalue weighted by Gasteiger charge is -2.49. The first-order valence-electron chi connectivity index (χ1n) is 5.71. The topological polar surface area (TPSA) is 57.7 Å². The summed E-state index contributed by atoms with van der Waals surface area (Å²) in [5.74, 6) is -5.35. The molecule has 0 radical (unpaired) electrons. The van der Waals surface area contributed by atoms with Crippen LogP contribution in [0.1, 0.15) is 6.92 Å². The summed E-state index contributed by atoms with van der Waals surface area (Å²) in [5.41, 5.74) is 0. The predicted octanol–water partition coefficient (Wildman–Crippen LogP) is -0.00860. The van der Waals surface area contributed by atoms with Crippen LogP contribution < -0.4 is 0 Å². The molecule has 8 heteroatoms. The Hall–Kier alpha value is -0.760. The van der Waals surface area contributed by atoms with Crippen molar-refractivity contribution in [3.63, 3.8) is 0 Å². The number of likely N-dealkylation sites (tertiary alicyclic amines) is 1. The van der Waals surface area contributed by atoms with E-state index in [0.717, 1.165) is 10.6 Å². The van der Waals surface area contributed by atoms with E-state index in [2.05, 4.69) is 0 Å². The van der Waals surface area contributed by atoms with Crippen molar-refractivity contribution in [1.29, 1.82) is 0 Å². The SMILES string of the molecule is CC(=O)N1C[C@@H]2CN(S(C)(=O)=O)C[C@H](C1)C2(F)F. The summed E-state index contributed by atoms with van der Waals surface area (Å²) < 4.78 is 51.9. The van der Waals surface area contributed by atoms with Crippen molar-refractivity contribution in [1.82, 2.24) is 9.21 Å². The number of piperidine rings is 2. The molecule has 18 heavy (non-hydrogen) atoms. The van der Waals surface area contributed by atoms with Crippen molar-refractivity contribution in [3.05, 3.63) is 0 Å². The van der Waals surface area contributed by atoms with Gasteiger partial charge in [0.15, 0.2) is 0 Å². The van der Waals surface area contributed by atoms with E-state index in [-0.39, 0.29) is 32.1 Å². The van der Waals surface area contributed by atoms with Gasteiger partial charge >= 0.3 is 0 Å². The van der Waals surface area contributed by atoms with Crippen LogP contribution in [0.25, 0.3) is 0 Å². The van der Waals surface area contributed by atoms with Gasteiger partial charge in [-0.25, -0.2) is 21.5 Å². The molecule has 2 heterocycles. The fourth-order valence-electron chi connectivity index (χ4n) is 2.64. The Morgan fingerprint density at radius 3 is 1.94 bits per heavy atom. The normalized spacial score (nSPS) is 32.3. The van der Waals surface area contributed by atoms with Crippen LogP contribution in [0.2, 0.25) is 0 Å². The summed E-state index contributed by atoms with van der Waals surface area (Å²) in [6.45, 7) is 0.751. The van der Waals surface area contributed by atoms with Gasteiger partial charge in [-0.05, 0) is 0 Å². The first-order chi connectivity index (χ1) is 8.12. The number of alkyl halides is 2. The van der Waals surface area contributed by atoms with Crippen molar-refractivity contribution in [2.75, 3.05) is 32.4 Å². The van der Waals surface area contributed by atoms with E-state index in [9.17, 15) is 22.0 Å². The highest BCUT2D eigenvalue weighted by Crippen LogP contribution is 2.42. The van der Waals surface area contributed by atoms with E-state index in [4.69, 9.17) is 0 Å². The first kappa shape index (κ1) is 13.7. The number of nitrogens with zero attached hydrogens (tertiary/aromatic N) is 2. The lowest BCUT2D eigenvalue weighted by atomic mass is 9.81. The van der Waals surface area contributed by atoms with Gasteiger partial charge in [-0.1, -0.05) is 0 Å². The number of fused-ring (bicyclic) bond motifs is 2. The third-order valence-electron chi connectivity index (χ3n) is 3.73. The Labute approximate surface area is 105 Å². The van der Waals surface area contributed by atoms with Gasteiger partial charge in [0.05, 0.1) is 18.1 Å². The molecule has 2 bridgehead atoms. The molecule has 104 valence electrons. The van der Waals surface area contributed by atoms with Gasteiger partial charge in [0.2, 0.25) is 15.9 Å². The van der Waals surface area contributed by atoms with E-state index in [1.165, 1.54) is 11.8 Å². The number of amides is 1. The van der Waals surface area contributed by atoms with Crippen LogP contribution in [0.4, 0.5) is 8.78 Å². The molecular weight excluding hydrogens is 266 g/mol. The van der Waals surface area contributed by atoms with Gasteiger partial charge in [-0.2, -0.15) is 0 Å². The number of carbonyl (C=O) groups excluding carboxylic acids is 1. The molecule has 2 aliphatic rings. The van der Waals surface area contributed by atoms with Crippen LogP contribution in [-0.4, -0.2) is 61.9 Å². The molecule has 2 atom stereocenters. The third-order valence-corrected chi connectivity index (χ3v) is 4.97. The Balaban J connectivity index is 2.25. The van der Waals surface area contributed by atoms with Gasteiger partial charge in [-0.15, -0.1) is 0 Å². The summed E-state index contributed by atoms with van der Waals surface area (Å²) in [7, 11) is -3.46. The zero-order valence-electron chi connectivity index (χ0n) is 10.3. The molecule has 2 aliphatic heterocycles. The van der Waals surface area contributed by atoms with Gasteiger partial charge in [0.1, 0.15) is 0 Å². The molecule has 1 amide bonds. The fraction of sp³-hybridized carbons (Fsp3) is 0.900. The number of sulfonamides is 1. The number of hydrogen-bond acceptors (Lipinski definition) is 3. The molecule has 0 aromatic carbocycles. The molecule has 0 aromatic rings. The Morgan fingerprint density at radius 2 is 1.61 bits per heavy atom. The molecule has 0 spiro atoms. The van der Waals surface area contributed by atoms with Crippen LogP contribution in [0, 0.1) is 11.8 Å². The van der Waals surface area contributed by atoms with E-state index >= 15 is 0 Å². The molecule has 0 aliphatic carbocycles. The molecule has 0 saturated carbocycles. The number of carbonyl (C=O) groups is 1. The predicted molar refractivity (Wildman–Crippen MR) is 60.6 cm³/mol. The molecule has 0 aromatic heterocycles. The molecule has 2 fully saturated rings. The van der Waals surface area contributed by atoms with Crippen molar-refractivity contribution in [2.45, 2.75) is 12.8 Å². The summed E-state index contributed by atoms with van der Waals surface area (Å²) in [6.07, 6.45) is 1.02. The average Bonchev–Trinajstić information content (AvgIpc) is 2.12. The molecule has 5 nitrogen and oxygen atoms in total. The maximum Gasteiger partial charge on any atom is 0.259 e. The number of halogens is 2.